The molecule has 0 amide bonds. The van der Waals surface area contributed by atoms with Gasteiger partial charge in [0.25, 0.3) is 0 Å². The maximum atomic E-state index is 6.08. The van der Waals surface area contributed by atoms with Gasteiger partial charge in [-0.3, -0.25) is 0 Å². The van der Waals surface area contributed by atoms with Gasteiger partial charge in [0.1, 0.15) is 18.2 Å². The second kappa shape index (κ2) is 7.45. The van der Waals surface area contributed by atoms with Crippen molar-refractivity contribution in [1.29, 1.82) is 0 Å². The smallest absolute Gasteiger partial charge is 0.141 e. The SMILES string of the molecule is Cc1ccc(C)c(OCCn2c(-c3ccc(Cl)cc3)nc3ccccc32)c1. The quantitative estimate of drug-likeness (QED) is 0.423. The number of ether oxygens (including phenoxy) is 1. The molecule has 3 nitrogen and oxygen atoms in total. The molecule has 0 saturated carbocycles. The van der Waals surface area contributed by atoms with Crippen LogP contribution in [0.1, 0.15) is 11.1 Å². The highest BCUT2D eigenvalue weighted by molar-refractivity contribution is 6.30. The van der Waals surface area contributed by atoms with Crippen LogP contribution in [0.15, 0.2) is 66.7 Å². The van der Waals surface area contributed by atoms with Crippen molar-refractivity contribution in [1.82, 2.24) is 9.55 Å². The average Bonchev–Trinajstić information content (AvgIpc) is 3.04. The Hall–Kier alpha value is -2.78. The molecule has 0 aliphatic rings. The van der Waals surface area contributed by atoms with Gasteiger partial charge in [-0.15, -0.1) is 0 Å². The summed E-state index contributed by atoms with van der Waals surface area (Å²) in [6.45, 7) is 5.44. The Balaban J connectivity index is 1.64. The summed E-state index contributed by atoms with van der Waals surface area (Å²) in [5.41, 5.74) is 5.48. The van der Waals surface area contributed by atoms with E-state index in [1.54, 1.807) is 0 Å². The fourth-order valence-electron chi connectivity index (χ4n) is 3.23. The highest BCUT2D eigenvalue weighted by Gasteiger charge is 2.12. The zero-order chi connectivity index (χ0) is 18.8. The van der Waals surface area contributed by atoms with Crippen LogP contribution in [0.4, 0.5) is 0 Å². The van der Waals surface area contributed by atoms with Crippen LogP contribution in [-0.2, 0) is 6.54 Å². The van der Waals surface area contributed by atoms with Gasteiger partial charge >= 0.3 is 0 Å². The summed E-state index contributed by atoms with van der Waals surface area (Å²) in [7, 11) is 0. The number of para-hydroxylation sites is 2. The topological polar surface area (TPSA) is 27.1 Å². The Labute approximate surface area is 164 Å². The molecule has 0 spiro atoms. The lowest BCUT2D eigenvalue weighted by Gasteiger charge is -2.13. The lowest BCUT2D eigenvalue weighted by atomic mass is 10.1. The zero-order valence-corrected chi connectivity index (χ0v) is 16.2. The lowest BCUT2D eigenvalue weighted by molar-refractivity contribution is 0.299. The Morgan fingerprint density at radius 2 is 1.74 bits per heavy atom. The van der Waals surface area contributed by atoms with Crippen LogP contribution in [0.3, 0.4) is 0 Å². The van der Waals surface area contributed by atoms with Crippen LogP contribution in [0.5, 0.6) is 5.75 Å². The number of benzene rings is 3. The Kier molecular flexibility index (Phi) is 4.87. The first-order valence-electron chi connectivity index (χ1n) is 9.03. The summed E-state index contributed by atoms with van der Waals surface area (Å²) in [5.74, 6) is 1.87. The molecule has 1 heterocycles. The molecule has 0 radical (unpaired) electrons. The molecule has 0 atom stereocenters. The minimum Gasteiger partial charge on any atom is -0.491 e. The predicted octanol–water partition coefficient (Wildman–Crippen LogP) is 6.05. The van der Waals surface area contributed by atoms with Crippen molar-refractivity contribution in [2.45, 2.75) is 20.4 Å². The van der Waals surface area contributed by atoms with E-state index < -0.39 is 0 Å². The van der Waals surface area contributed by atoms with E-state index in [0.717, 1.165) is 38.8 Å². The van der Waals surface area contributed by atoms with Gasteiger partial charge in [-0.1, -0.05) is 35.9 Å². The van der Waals surface area contributed by atoms with Crippen molar-refractivity contribution in [3.63, 3.8) is 0 Å². The van der Waals surface area contributed by atoms with Gasteiger partial charge in [0.05, 0.1) is 17.6 Å². The maximum absolute atomic E-state index is 6.08. The molecule has 0 fully saturated rings. The number of fused-ring (bicyclic) bond motifs is 1. The van der Waals surface area contributed by atoms with E-state index in [4.69, 9.17) is 21.3 Å². The first kappa shape index (κ1) is 17.6. The number of halogens is 1. The minimum atomic E-state index is 0.575. The normalized spacial score (nSPS) is 11.1. The van der Waals surface area contributed by atoms with Crippen molar-refractivity contribution in [2.24, 2.45) is 0 Å². The van der Waals surface area contributed by atoms with Gasteiger partial charge in [-0.05, 0) is 67.4 Å². The molecule has 4 rings (SSSR count). The van der Waals surface area contributed by atoms with Crippen molar-refractivity contribution in [3.8, 4) is 17.1 Å². The summed E-state index contributed by atoms with van der Waals surface area (Å²) in [6, 6.07) is 22.3. The highest BCUT2D eigenvalue weighted by Crippen LogP contribution is 2.26. The molecular formula is C23H21ClN2O. The van der Waals surface area contributed by atoms with Gasteiger partial charge < -0.3 is 9.30 Å². The summed E-state index contributed by atoms with van der Waals surface area (Å²) in [6.07, 6.45) is 0. The Morgan fingerprint density at radius 3 is 2.56 bits per heavy atom. The van der Waals surface area contributed by atoms with Gasteiger partial charge in [-0.25, -0.2) is 4.98 Å². The minimum absolute atomic E-state index is 0.575. The number of hydrogen-bond acceptors (Lipinski definition) is 2. The third-order valence-corrected chi connectivity index (χ3v) is 4.93. The van der Waals surface area contributed by atoms with E-state index >= 15 is 0 Å². The van der Waals surface area contributed by atoms with Crippen molar-refractivity contribution in [2.75, 3.05) is 6.61 Å². The van der Waals surface area contributed by atoms with E-state index in [9.17, 15) is 0 Å². The molecule has 1 aromatic heterocycles. The van der Waals surface area contributed by atoms with Crippen LogP contribution in [0.2, 0.25) is 5.02 Å². The van der Waals surface area contributed by atoms with Gasteiger partial charge in [0.15, 0.2) is 0 Å². The number of nitrogens with zero attached hydrogens (tertiary/aromatic N) is 2. The van der Waals surface area contributed by atoms with Gasteiger partial charge in [0.2, 0.25) is 0 Å². The molecule has 0 bridgehead atoms. The third kappa shape index (κ3) is 3.69. The summed E-state index contributed by atoms with van der Waals surface area (Å²) in [5, 5.41) is 0.722. The zero-order valence-electron chi connectivity index (χ0n) is 15.4. The highest BCUT2D eigenvalue weighted by atomic mass is 35.5. The van der Waals surface area contributed by atoms with Crippen LogP contribution in [0, 0.1) is 13.8 Å². The van der Waals surface area contributed by atoms with Crippen LogP contribution < -0.4 is 4.74 Å². The molecule has 3 aromatic carbocycles. The second-order valence-electron chi connectivity index (χ2n) is 6.70. The van der Waals surface area contributed by atoms with E-state index in [2.05, 4.69) is 42.7 Å². The first-order valence-corrected chi connectivity index (χ1v) is 9.41. The van der Waals surface area contributed by atoms with Crippen LogP contribution >= 0.6 is 11.6 Å². The summed E-state index contributed by atoms with van der Waals surface area (Å²) < 4.78 is 8.29. The Bertz CT molecular complexity index is 1080. The summed E-state index contributed by atoms with van der Waals surface area (Å²) in [4.78, 5) is 4.83. The van der Waals surface area contributed by atoms with Crippen molar-refractivity contribution in [3.05, 3.63) is 82.9 Å². The fraction of sp³-hybridized carbons (Fsp3) is 0.174. The molecule has 4 aromatic rings. The number of imidazole rings is 1. The second-order valence-corrected chi connectivity index (χ2v) is 7.14. The molecule has 0 saturated heterocycles. The molecule has 0 unspecified atom stereocenters. The third-order valence-electron chi connectivity index (χ3n) is 4.67. The number of aromatic nitrogens is 2. The fourth-order valence-corrected chi connectivity index (χ4v) is 3.36. The number of hydrogen-bond donors (Lipinski definition) is 0. The van der Waals surface area contributed by atoms with E-state index in [1.807, 2.05) is 42.5 Å². The molecule has 0 aliphatic heterocycles. The molecule has 27 heavy (non-hydrogen) atoms. The first-order chi connectivity index (χ1) is 13.1. The largest absolute Gasteiger partial charge is 0.491 e. The van der Waals surface area contributed by atoms with Gasteiger partial charge in [-0.2, -0.15) is 0 Å². The number of rotatable bonds is 5. The Morgan fingerprint density at radius 1 is 0.963 bits per heavy atom. The standard InChI is InChI=1S/C23H21ClN2O/c1-16-7-8-17(2)22(15-16)27-14-13-26-21-6-4-3-5-20(21)25-23(26)18-9-11-19(24)12-10-18/h3-12,15H,13-14H2,1-2H3. The van der Waals surface area contributed by atoms with Crippen LogP contribution in [0.25, 0.3) is 22.4 Å². The van der Waals surface area contributed by atoms with Gasteiger partial charge in [0, 0.05) is 10.6 Å². The molecule has 0 aliphatic carbocycles. The van der Waals surface area contributed by atoms with E-state index in [1.165, 1.54) is 5.56 Å². The lowest BCUT2D eigenvalue weighted by Crippen LogP contribution is -2.10. The van der Waals surface area contributed by atoms with E-state index in [0.29, 0.717) is 13.2 Å². The molecule has 4 heteroatoms. The molecule has 136 valence electrons. The van der Waals surface area contributed by atoms with Crippen molar-refractivity contribution < 1.29 is 4.74 Å². The molecule has 0 N–H and O–H groups in total. The summed E-state index contributed by atoms with van der Waals surface area (Å²) >= 11 is 6.05. The molecular weight excluding hydrogens is 356 g/mol. The monoisotopic (exact) mass is 376 g/mol. The van der Waals surface area contributed by atoms with Crippen LogP contribution in [-0.4, -0.2) is 16.2 Å². The maximum Gasteiger partial charge on any atom is 0.141 e. The van der Waals surface area contributed by atoms with Crippen molar-refractivity contribution >= 4 is 22.6 Å². The predicted molar refractivity (Wildman–Crippen MR) is 112 cm³/mol. The number of aryl methyl sites for hydroxylation is 2. The van der Waals surface area contributed by atoms with E-state index in [-0.39, 0.29) is 0 Å². The average molecular weight is 377 g/mol.